The summed E-state index contributed by atoms with van der Waals surface area (Å²) in [4.78, 5) is 11.9. The molecule has 4 nitrogen and oxygen atoms in total. The van der Waals surface area contributed by atoms with Gasteiger partial charge in [0.2, 0.25) is 0 Å². The maximum atomic E-state index is 11.9. The second kappa shape index (κ2) is 4.82. The number of H-pyrrole nitrogens is 1. The van der Waals surface area contributed by atoms with Crippen molar-refractivity contribution in [3.63, 3.8) is 0 Å². The molecule has 0 aliphatic rings. The molecule has 88 valence electrons. The number of carbonyl (C=O) groups is 1. The molecule has 0 spiro atoms. The fourth-order valence-electron chi connectivity index (χ4n) is 1.76. The van der Waals surface area contributed by atoms with Crippen molar-refractivity contribution >= 4 is 5.91 Å². The standard InChI is InChI=1S/C13H15N3O/c1-9-3-10(2)5-12(4-9)13(17)14-6-11-7-15-16-8-11/h3-5,7-8H,6H2,1-2H3,(H,14,17)(H,15,16). The minimum absolute atomic E-state index is 0.0574. The number of nitrogens with zero attached hydrogens (tertiary/aromatic N) is 1. The predicted molar refractivity (Wildman–Crippen MR) is 65.7 cm³/mol. The van der Waals surface area contributed by atoms with Crippen LogP contribution < -0.4 is 5.32 Å². The van der Waals surface area contributed by atoms with E-state index in [-0.39, 0.29) is 5.91 Å². The molecule has 2 N–H and O–H groups in total. The molecule has 0 saturated heterocycles. The zero-order valence-electron chi connectivity index (χ0n) is 9.95. The van der Waals surface area contributed by atoms with Crippen LogP contribution in [0.2, 0.25) is 0 Å². The summed E-state index contributed by atoms with van der Waals surface area (Å²) in [5, 5.41) is 9.39. The van der Waals surface area contributed by atoms with Gasteiger partial charge in [0.05, 0.1) is 6.20 Å². The molecule has 1 aromatic heterocycles. The number of rotatable bonds is 3. The quantitative estimate of drug-likeness (QED) is 0.845. The van der Waals surface area contributed by atoms with Crippen LogP contribution in [0.25, 0.3) is 0 Å². The van der Waals surface area contributed by atoms with Gasteiger partial charge in [-0.3, -0.25) is 9.89 Å². The minimum atomic E-state index is -0.0574. The summed E-state index contributed by atoms with van der Waals surface area (Å²) >= 11 is 0. The van der Waals surface area contributed by atoms with Gasteiger partial charge < -0.3 is 5.32 Å². The summed E-state index contributed by atoms with van der Waals surface area (Å²) in [6, 6.07) is 5.82. The first kappa shape index (κ1) is 11.4. The molecule has 0 aliphatic carbocycles. The normalized spacial score (nSPS) is 10.2. The number of aryl methyl sites for hydroxylation is 2. The van der Waals surface area contributed by atoms with Crippen LogP contribution in [0.5, 0.6) is 0 Å². The summed E-state index contributed by atoms with van der Waals surface area (Å²) in [6.07, 6.45) is 3.46. The second-order valence-electron chi connectivity index (χ2n) is 4.17. The van der Waals surface area contributed by atoms with Gasteiger partial charge in [0.1, 0.15) is 0 Å². The smallest absolute Gasteiger partial charge is 0.251 e. The Kier molecular flexibility index (Phi) is 3.23. The molecule has 17 heavy (non-hydrogen) atoms. The molecular weight excluding hydrogens is 214 g/mol. The zero-order valence-corrected chi connectivity index (χ0v) is 9.95. The first-order chi connectivity index (χ1) is 8.15. The Morgan fingerprint density at radius 3 is 2.59 bits per heavy atom. The predicted octanol–water partition coefficient (Wildman–Crippen LogP) is 1.96. The molecule has 0 aliphatic heterocycles. The van der Waals surface area contributed by atoms with E-state index in [2.05, 4.69) is 15.5 Å². The molecule has 4 heteroatoms. The van der Waals surface area contributed by atoms with Gasteiger partial charge in [0.25, 0.3) is 5.91 Å². The summed E-state index contributed by atoms with van der Waals surface area (Å²) in [7, 11) is 0. The molecule has 0 atom stereocenters. The monoisotopic (exact) mass is 229 g/mol. The van der Waals surface area contributed by atoms with Gasteiger partial charge in [0.15, 0.2) is 0 Å². The fourth-order valence-corrected chi connectivity index (χ4v) is 1.76. The lowest BCUT2D eigenvalue weighted by Gasteiger charge is -2.05. The molecule has 1 heterocycles. The molecule has 2 rings (SSSR count). The van der Waals surface area contributed by atoms with Gasteiger partial charge in [-0.05, 0) is 26.0 Å². The van der Waals surface area contributed by atoms with E-state index < -0.39 is 0 Å². The Balaban J connectivity index is 2.04. The number of hydrogen-bond acceptors (Lipinski definition) is 2. The minimum Gasteiger partial charge on any atom is -0.348 e. The van der Waals surface area contributed by atoms with Crippen LogP contribution in [0.1, 0.15) is 27.0 Å². The van der Waals surface area contributed by atoms with Crippen molar-refractivity contribution in [2.24, 2.45) is 0 Å². The van der Waals surface area contributed by atoms with E-state index in [1.807, 2.05) is 32.0 Å². The molecule has 1 amide bonds. The fraction of sp³-hybridized carbons (Fsp3) is 0.231. The van der Waals surface area contributed by atoms with Crippen LogP contribution in [-0.4, -0.2) is 16.1 Å². The third-order valence-corrected chi connectivity index (χ3v) is 2.49. The van der Waals surface area contributed by atoms with Gasteiger partial charge in [-0.2, -0.15) is 5.10 Å². The number of aromatic amines is 1. The van der Waals surface area contributed by atoms with Gasteiger partial charge in [-0.15, -0.1) is 0 Å². The second-order valence-corrected chi connectivity index (χ2v) is 4.17. The van der Waals surface area contributed by atoms with E-state index in [4.69, 9.17) is 0 Å². The first-order valence-corrected chi connectivity index (χ1v) is 5.49. The third kappa shape index (κ3) is 2.93. The highest BCUT2D eigenvalue weighted by atomic mass is 16.1. The highest BCUT2D eigenvalue weighted by Gasteiger charge is 2.06. The van der Waals surface area contributed by atoms with E-state index in [0.717, 1.165) is 16.7 Å². The molecule has 0 saturated carbocycles. The van der Waals surface area contributed by atoms with Crippen molar-refractivity contribution < 1.29 is 4.79 Å². The number of benzene rings is 1. The van der Waals surface area contributed by atoms with E-state index in [1.54, 1.807) is 12.4 Å². The van der Waals surface area contributed by atoms with Crippen LogP contribution in [0.3, 0.4) is 0 Å². The van der Waals surface area contributed by atoms with E-state index in [0.29, 0.717) is 12.1 Å². The van der Waals surface area contributed by atoms with Crippen molar-refractivity contribution in [1.82, 2.24) is 15.5 Å². The molecule has 0 fully saturated rings. The van der Waals surface area contributed by atoms with Crippen LogP contribution >= 0.6 is 0 Å². The van der Waals surface area contributed by atoms with E-state index in [9.17, 15) is 4.79 Å². The largest absolute Gasteiger partial charge is 0.348 e. The van der Waals surface area contributed by atoms with Crippen LogP contribution in [0.15, 0.2) is 30.6 Å². The zero-order chi connectivity index (χ0) is 12.3. The number of aromatic nitrogens is 2. The molecule has 1 aromatic carbocycles. The van der Waals surface area contributed by atoms with Crippen molar-refractivity contribution in [2.45, 2.75) is 20.4 Å². The summed E-state index contributed by atoms with van der Waals surface area (Å²) < 4.78 is 0. The average molecular weight is 229 g/mol. The Bertz CT molecular complexity index is 497. The summed E-state index contributed by atoms with van der Waals surface area (Å²) in [5.41, 5.74) is 3.85. The van der Waals surface area contributed by atoms with Crippen LogP contribution in [-0.2, 0) is 6.54 Å². The molecule has 0 bridgehead atoms. The van der Waals surface area contributed by atoms with E-state index >= 15 is 0 Å². The lowest BCUT2D eigenvalue weighted by atomic mass is 10.1. The van der Waals surface area contributed by atoms with E-state index in [1.165, 1.54) is 0 Å². The van der Waals surface area contributed by atoms with Crippen molar-refractivity contribution in [2.75, 3.05) is 0 Å². The van der Waals surface area contributed by atoms with Crippen molar-refractivity contribution in [1.29, 1.82) is 0 Å². The molecule has 2 aromatic rings. The van der Waals surface area contributed by atoms with Crippen molar-refractivity contribution in [3.05, 3.63) is 52.8 Å². The lowest BCUT2D eigenvalue weighted by molar-refractivity contribution is 0.0950. The Hall–Kier alpha value is -2.10. The summed E-state index contributed by atoms with van der Waals surface area (Å²) in [5.74, 6) is -0.0574. The van der Waals surface area contributed by atoms with Gasteiger partial charge in [-0.1, -0.05) is 17.2 Å². The SMILES string of the molecule is Cc1cc(C)cc(C(=O)NCc2cn[nH]c2)c1. The number of nitrogens with one attached hydrogen (secondary N) is 2. The van der Waals surface area contributed by atoms with Crippen molar-refractivity contribution in [3.8, 4) is 0 Å². The number of hydrogen-bond donors (Lipinski definition) is 2. The Labute approximate surface area is 100 Å². The maximum Gasteiger partial charge on any atom is 0.251 e. The third-order valence-electron chi connectivity index (χ3n) is 2.49. The topological polar surface area (TPSA) is 57.8 Å². The Morgan fingerprint density at radius 2 is 2.00 bits per heavy atom. The molecular formula is C13H15N3O. The summed E-state index contributed by atoms with van der Waals surface area (Å²) in [6.45, 7) is 4.46. The average Bonchev–Trinajstić information content (AvgIpc) is 2.77. The number of amides is 1. The maximum absolute atomic E-state index is 11.9. The van der Waals surface area contributed by atoms with Gasteiger partial charge >= 0.3 is 0 Å². The highest BCUT2D eigenvalue weighted by Crippen LogP contribution is 2.08. The molecule has 0 radical (unpaired) electrons. The van der Waals surface area contributed by atoms with Gasteiger partial charge in [0, 0.05) is 23.9 Å². The van der Waals surface area contributed by atoms with Crippen LogP contribution in [0, 0.1) is 13.8 Å². The number of carbonyl (C=O) groups excluding carboxylic acids is 1. The lowest BCUT2D eigenvalue weighted by Crippen LogP contribution is -2.22. The van der Waals surface area contributed by atoms with Gasteiger partial charge in [-0.25, -0.2) is 0 Å². The molecule has 0 unspecified atom stereocenters. The highest BCUT2D eigenvalue weighted by molar-refractivity contribution is 5.94. The van der Waals surface area contributed by atoms with Crippen LogP contribution in [0.4, 0.5) is 0 Å². The Morgan fingerprint density at radius 1 is 1.29 bits per heavy atom. The first-order valence-electron chi connectivity index (χ1n) is 5.49.